The third-order valence-electron chi connectivity index (χ3n) is 4.32. The summed E-state index contributed by atoms with van der Waals surface area (Å²) in [5, 5.41) is 0. The van der Waals surface area contributed by atoms with Crippen molar-refractivity contribution in [3.63, 3.8) is 0 Å². The summed E-state index contributed by atoms with van der Waals surface area (Å²) in [6.45, 7) is 3.38. The first-order valence-corrected chi connectivity index (χ1v) is 7.21. The number of benzene rings is 1. The van der Waals surface area contributed by atoms with Gasteiger partial charge in [0, 0.05) is 25.3 Å². The molecule has 2 rings (SSSR count). The minimum absolute atomic E-state index is 0.358. The van der Waals surface area contributed by atoms with Crippen molar-refractivity contribution in [1.29, 1.82) is 0 Å². The Morgan fingerprint density at radius 1 is 1.26 bits per heavy atom. The van der Waals surface area contributed by atoms with E-state index in [1.165, 1.54) is 24.9 Å². The van der Waals surface area contributed by atoms with Crippen LogP contribution < -0.4 is 15.4 Å². The van der Waals surface area contributed by atoms with Crippen LogP contribution in [0.15, 0.2) is 24.3 Å². The van der Waals surface area contributed by atoms with E-state index in [-0.39, 0.29) is 0 Å². The molecule has 0 spiro atoms. The Morgan fingerprint density at radius 3 is 2.58 bits per heavy atom. The molecule has 3 unspecified atom stereocenters. The molecule has 0 amide bonds. The fraction of sp³-hybridized carbons (Fsp3) is 0.625. The van der Waals surface area contributed by atoms with E-state index in [0.717, 1.165) is 18.2 Å². The summed E-state index contributed by atoms with van der Waals surface area (Å²) in [5.41, 5.74) is 7.49. The summed E-state index contributed by atoms with van der Waals surface area (Å²) in [6, 6.07) is 8.59. The second-order valence-electron chi connectivity index (χ2n) is 5.92. The molecule has 1 aromatic rings. The first kappa shape index (κ1) is 14.2. The van der Waals surface area contributed by atoms with E-state index in [0.29, 0.717) is 12.0 Å². The van der Waals surface area contributed by atoms with Gasteiger partial charge in [0.25, 0.3) is 0 Å². The maximum absolute atomic E-state index is 6.27. The number of ether oxygens (including phenoxy) is 1. The minimum atomic E-state index is 0.358. The van der Waals surface area contributed by atoms with E-state index in [2.05, 4.69) is 31.0 Å². The fourth-order valence-corrected chi connectivity index (χ4v) is 3.03. The van der Waals surface area contributed by atoms with Crippen LogP contribution >= 0.6 is 0 Å². The zero-order chi connectivity index (χ0) is 13.8. The van der Waals surface area contributed by atoms with E-state index in [4.69, 9.17) is 10.5 Å². The predicted octanol–water partition coefficient (Wildman–Crippen LogP) is 2.89. The Labute approximate surface area is 116 Å². The van der Waals surface area contributed by atoms with Crippen molar-refractivity contribution in [3.8, 4) is 5.75 Å². The third kappa shape index (κ3) is 3.63. The number of hydrogen-bond donors (Lipinski definition) is 1. The molecule has 0 bridgehead atoms. The van der Waals surface area contributed by atoms with Crippen LogP contribution in [0.3, 0.4) is 0 Å². The van der Waals surface area contributed by atoms with E-state index in [9.17, 15) is 0 Å². The number of nitrogens with two attached hydrogens (primary N) is 1. The highest BCUT2D eigenvalue weighted by Crippen LogP contribution is 2.29. The molecule has 3 atom stereocenters. The molecule has 1 aliphatic carbocycles. The van der Waals surface area contributed by atoms with Gasteiger partial charge in [-0.2, -0.15) is 0 Å². The highest BCUT2D eigenvalue weighted by atomic mass is 16.5. The first-order valence-electron chi connectivity index (χ1n) is 7.21. The smallest absolute Gasteiger partial charge is 0.119 e. The lowest BCUT2D eigenvalue weighted by Gasteiger charge is -2.35. The first-order chi connectivity index (χ1) is 9.10. The number of rotatable bonds is 4. The number of hydrogen-bond acceptors (Lipinski definition) is 3. The van der Waals surface area contributed by atoms with Crippen molar-refractivity contribution in [2.24, 2.45) is 17.6 Å². The molecule has 1 saturated carbocycles. The normalized spacial score (nSPS) is 27.1. The van der Waals surface area contributed by atoms with Crippen molar-refractivity contribution >= 4 is 5.69 Å². The Bertz CT molecular complexity index is 390. The van der Waals surface area contributed by atoms with Gasteiger partial charge in [0.2, 0.25) is 0 Å². The molecule has 1 aliphatic rings. The zero-order valence-electron chi connectivity index (χ0n) is 12.3. The average Bonchev–Trinajstić information content (AvgIpc) is 2.43. The monoisotopic (exact) mass is 262 g/mol. The molecular formula is C16H26N2O. The molecule has 0 saturated heterocycles. The Morgan fingerprint density at radius 2 is 1.95 bits per heavy atom. The molecule has 1 aromatic carbocycles. The van der Waals surface area contributed by atoms with Gasteiger partial charge >= 0.3 is 0 Å². The van der Waals surface area contributed by atoms with Gasteiger partial charge in [0.1, 0.15) is 5.75 Å². The molecule has 19 heavy (non-hydrogen) atoms. The number of nitrogens with zero attached hydrogens (tertiary/aromatic N) is 1. The molecule has 3 heteroatoms. The molecule has 0 radical (unpaired) electrons. The van der Waals surface area contributed by atoms with E-state index >= 15 is 0 Å². The summed E-state index contributed by atoms with van der Waals surface area (Å²) in [7, 11) is 3.84. The molecule has 106 valence electrons. The topological polar surface area (TPSA) is 38.5 Å². The summed E-state index contributed by atoms with van der Waals surface area (Å²) in [6.07, 6.45) is 3.70. The largest absolute Gasteiger partial charge is 0.497 e. The summed E-state index contributed by atoms with van der Waals surface area (Å²) < 4.78 is 5.19. The van der Waals surface area contributed by atoms with Gasteiger partial charge < -0.3 is 15.4 Å². The van der Waals surface area contributed by atoms with E-state index < -0.39 is 0 Å². The quantitative estimate of drug-likeness (QED) is 0.906. The maximum atomic E-state index is 6.27. The van der Waals surface area contributed by atoms with Crippen molar-refractivity contribution in [2.45, 2.75) is 32.2 Å². The van der Waals surface area contributed by atoms with E-state index in [1.54, 1.807) is 7.11 Å². The molecule has 0 aliphatic heterocycles. The summed E-state index contributed by atoms with van der Waals surface area (Å²) >= 11 is 0. The van der Waals surface area contributed by atoms with Crippen LogP contribution in [0.2, 0.25) is 0 Å². The van der Waals surface area contributed by atoms with Gasteiger partial charge in [-0.3, -0.25) is 0 Å². The van der Waals surface area contributed by atoms with Gasteiger partial charge in [0.15, 0.2) is 0 Å². The maximum Gasteiger partial charge on any atom is 0.119 e. The molecule has 0 aromatic heterocycles. The lowest BCUT2D eigenvalue weighted by atomic mass is 9.79. The number of anilines is 1. The fourth-order valence-electron chi connectivity index (χ4n) is 3.03. The van der Waals surface area contributed by atoms with Crippen LogP contribution in [0.25, 0.3) is 0 Å². The Kier molecular flexibility index (Phi) is 4.70. The molecule has 0 heterocycles. The average molecular weight is 262 g/mol. The van der Waals surface area contributed by atoms with Crippen molar-refractivity contribution in [3.05, 3.63) is 24.3 Å². The van der Waals surface area contributed by atoms with Crippen molar-refractivity contribution in [1.82, 2.24) is 0 Å². The van der Waals surface area contributed by atoms with Gasteiger partial charge in [0.05, 0.1) is 7.11 Å². The zero-order valence-corrected chi connectivity index (χ0v) is 12.3. The predicted molar refractivity (Wildman–Crippen MR) is 80.7 cm³/mol. The van der Waals surface area contributed by atoms with Gasteiger partial charge in [-0.15, -0.1) is 0 Å². The second-order valence-corrected chi connectivity index (χ2v) is 5.92. The Hall–Kier alpha value is -1.22. The SMILES string of the molecule is COc1ccc(N(C)CC2CC(C)CCC2N)cc1. The highest BCUT2D eigenvalue weighted by molar-refractivity contribution is 5.48. The van der Waals surface area contributed by atoms with Gasteiger partial charge in [-0.05, 0) is 55.4 Å². The van der Waals surface area contributed by atoms with Crippen LogP contribution in [0, 0.1) is 11.8 Å². The van der Waals surface area contributed by atoms with Gasteiger partial charge in [-0.1, -0.05) is 6.92 Å². The second kappa shape index (κ2) is 6.29. The lowest BCUT2D eigenvalue weighted by Crippen LogP contribution is -2.41. The van der Waals surface area contributed by atoms with Crippen LogP contribution in [-0.4, -0.2) is 26.7 Å². The van der Waals surface area contributed by atoms with Crippen molar-refractivity contribution in [2.75, 3.05) is 25.6 Å². The molecule has 3 nitrogen and oxygen atoms in total. The third-order valence-corrected chi connectivity index (χ3v) is 4.32. The Balaban J connectivity index is 1.97. The minimum Gasteiger partial charge on any atom is -0.497 e. The lowest BCUT2D eigenvalue weighted by molar-refractivity contribution is 0.250. The summed E-state index contributed by atoms with van der Waals surface area (Å²) in [5.74, 6) is 2.32. The van der Waals surface area contributed by atoms with Gasteiger partial charge in [-0.25, -0.2) is 0 Å². The van der Waals surface area contributed by atoms with E-state index in [1.807, 2.05) is 12.1 Å². The molecule has 2 N–H and O–H groups in total. The van der Waals surface area contributed by atoms with Crippen LogP contribution in [0.5, 0.6) is 5.75 Å². The summed E-state index contributed by atoms with van der Waals surface area (Å²) in [4.78, 5) is 2.31. The van der Waals surface area contributed by atoms with Crippen molar-refractivity contribution < 1.29 is 4.74 Å². The number of methoxy groups -OCH3 is 1. The standard InChI is InChI=1S/C16H26N2O/c1-12-4-9-16(17)13(10-12)11-18(2)14-5-7-15(19-3)8-6-14/h5-8,12-13,16H,4,9-11,17H2,1-3H3. The van der Waals surface area contributed by atoms with Crippen LogP contribution in [-0.2, 0) is 0 Å². The highest BCUT2D eigenvalue weighted by Gasteiger charge is 2.26. The van der Waals surface area contributed by atoms with Crippen LogP contribution in [0.4, 0.5) is 5.69 Å². The molecule has 1 fully saturated rings. The van der Waals surface area contributed by atoms with Crippen LogP contribution in [0.1, 0.15) is 26.2 Å². The molecular weight excluding hydrogens is 236 g/mol.